The lowest BCUT2D eigenvalue weighted by atomic mass is 9.70. The average Bonchev–Trinajstić information content (AvgIpc) is 3.71. The van der Waals surface area contributed by atoms with Crippen LogP contribution in [-0.4, -0.2) is 0 Å². The van der Waals surface area contributed by atoms with E-state index in [0.29, 0.717) is 5.56 Å². The fourth-order valence-corrected chi connectivity index (χ4v) is 7.79. The van der Waals surface area contributed by atoms with Gasteiger partial charge in [-0.15, -0.1) is 0 Å². The Labute approximate surface area is 281 Å². The molecular formula is C45H28. The van der Waals surface area contributed by atoms with E-state index in [1.165, 1.54) is 0 Å². The van der Waals surface area contributed by atoms with Gasteiger partial charge in [0, 0.05) is 0 Å². The van der Waals surface area contributed by atoms with Gasteiger partial charge in [-0.2, -0.15) is 0 Å². The molecule has 1 spiro atoms. The number of hydrogen-bond acceptors (Lipinski definition) is 0. The van der Waals surface area contributed by atoms with Gasteiger partial charge >= 0.3 is 0 Å². The van der Waals surface area contributed by atoms with Crippen molar-refractivity contribution in [3.63, 3.8) is 0 Å². The van der Waals surface area contributed by atoms with E-state index >= 15 is 0 Å². The smallest absolute Gasteiger partial charge is 0.0622 e. The van der Waals surface area contributed by atoms with E-state index in [1.807, 2.05) is 48.5 Å². The van der Waals surface area contributed by atoms with Crippen molar-refractivity contribution >= 4 is 21.5 Å². The maximum atomic E-state index is 9.43. The van der Waals surface area contributed by atoms with Gasteiger partial charge in [-0.05, 0) is 94.4 Å². The van der Waals surface area contributed by atoms with Gasteiger partial charge in [-0.25, -0.2) is 0 Å². The van der Waals surface area contributed by atoms with E-state index in [1.54, 1.807) is 6.07 Å². The minimum Gasteiger partial charge on any atom is -0.0622 e. The Hall–Kier alpha value is -5.72. The number of benzene rings is 8. The second-order valence-electron chi connectivity index (χ2n) is 11.4. The van der Waals surface area contributed by atoms with E-state index in [2.05, 4.69) is 36.4 Å². The van der Waals surface area contributed by atoms with Crippen LogP contribution in [-0.2, 0) is 5.41 Å². The lowest BCUT2D eigenvalue weighted by molar-refractivity contribution is 0.794. The SMILES string of the molecule is [2H]c1c([2H])c([2H])c(-c2c3c([2H])c([2H])c([2H])c([2H])c3c(-c3ccc4c(c3)C3(c5ccccc5-c5ccccc53)c3ccccc3-4)c3c([2H])c([2H])c([2H])c([2H])c23)c([2H])c1[2H]. The zero-order chi connectivity index (χ0) is 40.8. The third-order valence-electron chi connectivity index (χ3n) is 9.41. The highest BCUT2D eigenvalue weighted by atomic mass is 14.5. The summed E-state index contributed by atoms with van der Waals surface area (Å²) < 4.78 is 116. The zero-order valence-electron chi connectivity index (χ0n) is 36.7. The predicted octanol–water partition coefficient (Wildman–Crippen LogP) is 11.7. The molecule has 10 rings (SSSR count). The molecule has 0 nitrogen and oxygen atoms in total. The first-order chi connectivity index (χ1) is 27.7. The second kappa shape index (κ2) is 9.14. The summed E-state index contributed by atoms with van der Waals surface area (Å²) in [5.74, 6) is 0. The molecular weight excluding hydrogens is 540 g/mol. The highest BCUT2D eigenvalue weighted by Gasteiger charge is 2.51. The number of fused-ring (bicyclic) bond motifs is 12. The Kier molecular flexibility index (Phi) is 3.11. The predicted molar refractivity (Wildman–Crippen MR) is 189 cm³/mol. The standard InChI is InChI=1S/C45H28/c1-2-14-29(15-3-1)43-35-19-4-6-21-37(35)44(38-22-7-5-20-36(38)43)30-26-27-34-33-18-10-13-25-41(33)45(42(34)28-30)39-23-11-8-16-31(39)32-17-9-12-24-40(32)45/h1-28H/i1D,2D,3D,4D,5D,6D,7D,14D,15D,19D,20D,21D,22D. The monoisotopic (exact) mass is 581 g/mol. The number of rotatable bonds is 2. The molecule has 0 heteroatoms. The van der Waals surface area contributed by atoms with Crippen molar-refractivity contribution in [1.82, 2.24) is 0 Å². The highest BCUT2D eigenvalue weighted by Crippen LogP contribution is 2.63. The van der Waals surface area contributed by atoms with Gasteiger partial charge in [-0.3, -0.25) is 0 Å². The minimum absolute atomic E-state index is 0.105. The van der Waals surface area contributed by atoms with Crippen molar-refractivity contribution < 1.29 is 17.8 Å². The molecule has 208 valence electrons. The van der Waals surface area contributed by atoms with Crippen LogP contribution in [0, 0.1) is 0 Å². The molecule has 45 heavy (non-hydrogen) atoms. The lowest BCUT2D eigenvalue weighted by Gasteiger charge is -2.30. The summed E-state index contributed by atoms with van der Waals surface area (Å²) >= 11 is 0. The Bertz CT molecular complexity index is 3050. The van der Waals surface area contributed by atoms with Crippen molar-refractivity contribution in [1.29, 1.82) is 0 Å². The van der Waals surface area contributed by atoms with Crippen molar-refractivity contribution in [3.8, 4) is 44.5 Å². The van der Waals surface area contributed by atoms with Gasteiger partial charge in [0.05, 0.1) is 23.2 Å². The fourth-order valence-electron chi connectivity index (χ4n) is 7.79. The Morgan fingerprint density at radius 3 is 1.24 bits per heavy atom. The molecule has 0 saturated carbocycles. The van der Waals surface area contributed by atoms with Crippen LogP contribution in [0.15, 0.2) is 170 Å². The van der Waals surface area contributed by atoms with Crippen LogP contribution in [0.3, 0.4) is 0 Å². The van der Waals surface area contributed by atoms with Crippen molar-refractivity contribution in [3.05, 3.63) is 192 Å². The first-order valence-electron chi connectivity index (χ1n) is 21.2. The summed E-state index contributed by atoms with van der Waals surface area (Å²) in [6, 6.07) is 22.1. The molecule has 0 atom stereocenters. The molecule has 2 aliphatic rings. The van der Waals surface area contributed by atoms with Gasteiger partial charge < -0.3 is 0 Å². The normalized spacial score (nSPS) is 17.6. The van der Waals surface area contributed by atoms with Crippen LogP contribution in [0.5, 0.6) is 0 Å². The van der Waals surface area contributed by atoms with Gasteiger partial charge in [0.2, 0.25) is 0 Å². The van der Waals surface area contributed by atoms with Crippen LogP contribution >= 0.6 is 0 Å². The molecule has 8 aromatic carbocycles. The van der Waals surface area contributed by atoms with Crippen LogP contribution in [0.2, 0.25) is 0 Å². The molecule has 0 bridgehead atoms. The highest BCUT2D eigenvalue weighted by molar-refractivity contribution is 6.21. The van der Waals surface area contributed by atoms with Gasteiger partial charge in [0.15, 0.2) is 0 Å². The molecule has 0 saturated heterocycles. The zero-order valence-corrected chi connectivity index (χ0v) is 23.7. The third-order valence-corrected chi connectivity index (χ3v) is 9.41. The van der Waals surface area contributed by atoms with Crippen molar-refractivity contribution in [2.75, 3.05) is 0 Å². The molecule has 0 N–H and O–H groups in total. The summed E-state index contributed by atoms with van der Waals surface area (Å²) in [6.07, 6.45) is 0. The molecule has 0 radical (unpaired) electrons. The molecule has 0 fully saturated rings. The second-order valence-corrected chi connectivity index (χ2v) is 11.4. The van der Waals surface area contributed by atoms with E-state index < -0.39 is 89.5 Å². The quantitative estimate of drug-likeness (QED) is 0.178. The third kappa shape index (κ3) is 3.16. The summed E-state index contributed by atoms with van der Waals surface area (Å²) in [6.45, 7) is 0. The maximum Gasteiger partial charge on any atom is 0.0725 e. The fraction of sp³-hybridized carbons (Fsp3) is 0.0222. The van der Waals surface area contributed by atoms with Crippen molar-refractivity contribution in [2.45, 2.75) is 5.41 Å². The largest absolute Gasteiger partial charge is 0.0725 e. The van der Waals surface area contributed by atoms with E-state index in [9.17, 15) is 5.48 Å². The first-order valence-corrected chi connectivity index (χ1v) is 14.7. The Morgan fingerprint density at radius 2 is 0.756 bits per heavy atom. The Morgan fingerprint density at radius 1 is 0.356 bits per heavy atom. The van der Waals surface area contributed by atoms with Crippen LogP contribution in [0.4, 0.5) is 0 Å². The molecule has 0 aliphatic heterocycles. The summed E-state index contributed by atoms with van der Waals surface area (Å²) in [5.41, 5.74) is 7.05. The van der Waals surface area contributed by atoms with Crippen LogP contribution in [0.25, 0.3) is 66.1 Å². The molecule has 0 heterocycles. The lowest BCUT2D eigenvalue weighted by Crippen LogP contribution is -2.25. The van der Waals surface area contributed by atoms with E-state index in [0.717, 1.165) is 44.5 Å². The van der Waals surface area contributed by atoms with Crippen LogP contribution in [0.1, 0.15) is 40.1 Å². The summed E-state index contributed by atoms with van der Waals surface area (Å²) in [7, 11) is 0. The minimum atomic E-state index is -0.813. The maximum absolute atomic E-state index is 9.43. The average molecular weight is 582 g/mol. The van der Waals surface area contributed by atoms with E-state index in [4.69, 9.17) is 12.3 Å². The molecule has 8 aromatic rings. The molecule has 0 amide bonds. The molecule has 0 aromatic heterocycles. The summed E-state index contributed by atoms with van der Waals surface area (Å²) in [5, 5.41) is -0.677. The van der Waals surface area contributed by atoms with Gasteiger partial charge in [0.1, 0.15) is 0 Å². The molecule has 0 unspecified atom stereocenters. The van der Waals surface area contributed by atoms with Crippen LogP contribution < -0.4 is 0 Å². The van der Waals surface area contributed by atoms with Gasteiger partial charge in [-0.1, -0.05) is 163 Å². The molecule has 2 aliphatic carbocycles. The topological polar surface area (TPSA) is 0 Å². The van der Waals surface area contributed by atoms with Crippen molar-refractivity contribution in [2.24, 2.45) is 0 Å². The number of hydrogen-bond donors (Lipinski definition) is 0. The first kappa shape index (κ1) is 15.3. The van der Waals surface area contributed by atoms with E-state index in [-0.39, 0.29) is 32.7 Å². The van der Waals surface area contributed by atoms with Gasteiger partial charge in [0.25, 0.3) is 0 Å². The Balaban J connectivity index is 1.45. The summed E-state index contributed by atoms with van der Waals surface area (Å²) in [4.78, 5) is 0.